The van der Waals surface area contributed by atoms with Crippen LogP contribution in [0.5, 0.6) is 0 Å². The van der Waals surface area contributed by atoms with Crippen molar-refractivity contribution in [2.24, 2.45) is 0 Å². The van der Waals surface area contributed by atoms with Gasteiger partial charge < -0.3 is 19.6 Å². The number of benzene rings is 2. The third-order valence-corrected chi connectivity index (χ3v) is 5.02. The van der Waals surface area contributed by atoms with Gasteiger partial charge in [0.1, 0.15) is 12.6 Å². The largest absolute Gasteiger partial charge is 0.480 e. The molecule has 1 amide bonds. The van der Waals surface area contributed by atoms with Gasteiger partial charge in [-0.2, -0.15) is 0 Å². The number of nitrogens with one attached hydrogen (secondary N) is 1. The van der Waals surface area contributed by atoms with Gasteiger partial charge in [-0.1, -0.05) is 48.5 Å². The average Bonchev–Trinajstić information content (AvgIpc) is 2.96. The molecule has 6 nitrogen and oxygen atoms in total. The van der Waals surface area contributed by atoms with Gasteiger partial charge in [-0.3, -0.25) is 0 Å². The van der Waals surface area contributed by atoms with Gasteiger partial charge in [-0.05, 0) is 22.3 Å². The Labute approximate surface area is 165 Å². The summed E-state index contributed by atoms with van der Waals surface area (Å²) in [5.74, 6) is -1.10. The molecule has 2 N–H and O–H groups in total. The summed E-state index contributed by atoms with van der Waals surface area (Å²) in [5.41, 5.74) is 4.55. The van der Waals surface area contributed by atoms with Crippen LogP contribution in [0.2, 0.25) is 0 Å². The normalized spacial score (nSPS) is 14.1. The Hall–Kier alpha value is -2.86. The SMILES string of the molecule is C[N+](C)(C)CCC(NC(=O)OCC1c2ccccc2-c2ccccc21)C(=O)O. The molecule has 0 aliphatic heterocycles. The van der Waals surface area contributed by atoms with Gasteiger partial charge in [0.2, 0.25) is 0 Å². The van der Waals surface area contributed by atoms with Crippen molar-refractivity contribution >= 4 is 12.1 Å². The Balaban J connectivity index is 1.65. The van der Waals surface area contributed by atoms with Crippen LogP contribution in [-0.4, -0.2) is 62.0 Å². The first-order valence-electron chi connectivity index (χ1n) is 9.41. The summed E-state index contributed by atoms with van der Waals surface area (Å²) in [5, 5.41) is 11.9. The fourth-order valence-electron chi connectivity index (χ4n) is 3.56. The summed E-state index contributed by atoms with van der Waals surface area (Å²) < 4.78 is 6.05. The molecular weight excluding hydrogens is 356 g/mol. The lowest BCUT2D eigenvalue weighted by atomic mass is 9.98. The molecule has 0 aromatic heterocycles. The monoisotopic (exact) mass is 383 g/mol. The van der Waals surface area contributed by atoms with Crippen molar-refractivity contribution in [2.75, 3.05) is 34.3 Å². The van der Waals surface area contributed by atoms with Crippen molar-refractivity contribution in [3.05, 3.63) is 59.7 Å². The lowest BCUT2D eigenvalue weighted by Gasteiger charge is -2.25. The second kappa shape index (κ2) is 8.02. The first-order chi connectivity index (χ1) is 13.3. The Morgan fingerprint density at radius 1 is 1.04 bits per heavy atom. The van der Waals surface area contributed by atoms with Gasteiger partial charge in [0.05, 0.1) is 27.7 Å². The molecule has 1 unspecified atom stereocenters. The smallest absolute Gasteiger partial charge is 0.407 e. The topological polar surface area (TPSA) is 75.6 Å². The van der Waals surface area contributed by atoms with Gasteiger partial charge >= 0.3 is 12.1 Å². The van der Waals surface area contributed by atoms with E-state index >= 15 is 0 Å². The highest BCUT2D eigenvalue weighted by Crippen LogP contribution is 2.44. The quantitative estimate of drug-likeness (QED) is 0.721. The Morgan fingerprint density at radius 3 is 2.07 bits per heavy atom. The zero-order chi connectivity index (χ0) is 20.3. The summed E-state index contributed by atoms with van der Waals surface area (Å²) >= 11 is 0. The van der Waals surface area contributed by atoms with E-state index < -0.39 is 18.1 Å². The molecule has 0 fully saturated rings. The fraction of sp³-hybridized carbons (Fsp3) is 0.364. The van der Waals surface area contributed by atoms with E-state index in [2.05, 4.69) is 17.4 Å². The molecule has 1 aliphatic carbocycles. The Kier molecular flexibility index (Phi) is 5.70. The molecule has 0 radical (unpaired) electrons. The lowest BCUT2D eigenvalue weighted by Crippen LogP contribution is -2.45. The van der Waals surface area contributed by atoms with Gasteiger partial charge in [0.25, 0.3) is 0 Å². The van der Waals surface area contributed by atoms with Crippen molar-refractivity contribution in [3.8, 4) is 11.1 Å². The van der Waals surface area contributed by atoms with E-state index in [4.69, 9.17) is 4.74 Å². The minimum atomic E-state index is -1.05. The Bertz CT molecular complexity index is 827. The highest BCUT2D eigenvalue weighted by molar-refractivity contribution is 5.81. The van der Waals surface area contributed by atoms with Crippen LogP contribution in [0, 0.1) is 0 Å². The highest BCUT2D eigenvalue weighted by atomic mass is 16.5. The van der Waals surface area contributed by atoms with Gasteiger partial charge in [-0.15, -0.1) is 0 Å². The summed E-state index contributed by atoms with van der Waals surface area (Å²) in [4.78, 5) is 23.7. The second-order valence-electron chi connectivity index (χ2n) is 8.16. The highest BCUT2D eigenvalue weighted by Gasteiger charge is 2.30. The van der Waals surface area contributed by atoms with E-state index in [9.17, 15) is 14.7 Å². The van der Waals surface area contributed by atoms with Gasteiger partial charge in [0.15, 0.2) is 0 Å². The molecule has 6 heteroatoms. The summed E-state index contributed by atoms with van der Waals surface area (Å²) in [6.45, 7) is 0.794. The number of nitrogens with zero attached hydrogens (tertiary/aromatic N) is 1. The third kappa shape index (κ3) is 4.51. The number of carbonyl (C=O) groups is 2. The average molecular weight is 383 g/mol. The lowest BCUT2D eigenvalue weighted by molar-refractivity contribution is -0.870. The Morgan fingerprint density at radius 2 is 1.57 bits per heavy atom. The molecule has 3 rings (SSSR count). The predicted molar refractivity (Wildman–Crippen MR) is 107 cm³/mol. The number of carboxylic acids is 1. The van der Waals surface area contributed by atoms with Crippen LogP contribution in [0.3, 0.4) is 0 Å². The number of carboxylic acid groups (broad SMARTS) is 1. The number of amides is 1. The van der Waals surface area contributed by atoms with E-state index in [-0.39, 0.29) is 12.5 Å². The molecule has 1 atom stereocenters. The van der Waals surface area contributed by atoms with Crippen LogP contribution >= 0.6 is 0 Å². The standard InChI is InChI=1S/C22H26N2O4/c1-24(2,3)13-12-20(21(25)26)23-22(27)28-14-19-17-10-6-4-8-15(17)16-9-5-7-11-18(16)19/h4-11,19-20H,12-14H2,1-3H3,(H-,23,25,26,27)/p+1. The number of alkyl carbamates (subject to hydrolysis) is 1. The molecule has 2 aromatic carbocycles. The summed E-state index contributed by atoms with van der Waals surface area (Å²) in [6, 6.07) is 15.2. The maximum Gasteiger partial charge on any atom is 0.407 e. The molecular formula is C22H27N2O4+. The third-order valence-electron chi connectivity index (χ3n) is 5.02. The fourth-order valence-corrected chi connectivity index (χ4v) is 3.56. The molecule has 28 heavy (non-hydrogen) atoms. The van der Waals surface area contributed by atoms with Crippen molar-refractivity contribution in [1.29, 1.82) is 0 Å². The minimum Gasteiger partial charge on any atom is -0.480 e. The molecule has 148 valence electrons. The van der Waals surface area contributed by atoms with E-state index in [1.165, 1.54) is 0 Å². The molecule has 0 bridgehead atoms. The maximum atomic E-state index is 12.3. The number of hydrogen-bond acceptors (Lipinski definition) is 3. The van der Waals surface area contributed by atoms with Gasteiger partial charge in [0, 0.05) is 12.3 Å². The maximum absolute atomic E-state index is 12.3. The molecule has 0 heterocycles. The summed E-state index contributed by atoms with van der Waals surface area (Å²) in [7, 11) is 5.94. The second-order valence-corrected chi connectivity index (χ2v) is 8.16. The molecule has 0 spiro atoms. The zero-order valence-corrected chi connectivity index (χ0v) is 16.5. The van der Waals surface area contributed by atoms with Crippen LogP contribution in [-0.2, 0) is 9.53 Å². The number of quaternary nitrogens is 1. The van der Waals surface area contributed by atoms with Crippen LogP contribution in [0.25, 0.3) is 11.1 Å². The van der Waals surface area contributed by atoms with E-state index in [1.54, 1.807) is 0 Å². The number of fused-ring (bicyclic) bond motifs is 3. The first-order valence-corrected chi connectivity index (χ1v) is 9.41. The van der Waals surface area contributed by atoms with E-state index in [0.29, 0.717) is 17.4 Å². The van der Waals surface area contributed by atoms with Crippen molar-refractivity contribution < 1.29 is 23.9 Å². The van der Waals surface area contributed by atoms with Crippen LogP contribution in [0.4, 0.5) is 4.79 Å². The van der Waals surface area contributed by atoms with Crippen LogP contribution in [0.1, 0.15) is 23.5 Å². The molecule has 0 saturated carbocycles. The van der Waals surface area contributed by atoms with Crippen LogP contribution in [0.15, 0.2) is 48.5 Å². The predicted octanol–water partition coefficient (Wildman–Crippen LogP) is 3.07. The molecule has 1 aliphatic rings. The van der Waals surface area contributed by atoms with E-state index in [1.807, 2.05) is 57.5 Å². The number of carbonyl (C=O) groups excluding carboxylic acids is 1. The van der Waals surface area contributed by atoms with Crippen molar-refractivity contribution in [2.45, 2.75) is 18.4 Å². The molecule has 0 saturated heterocycles. The summed E-state index contributed by atoms with van der Waals surface area (Å²) in [6.07, 6.45) is -0.362. The minimum absolute atomic E-state index is 0.0485. The molecule has 2 aromatic rings. The zero-order valence-electron chi connectivity index (χ0n) is 16.5. The number of ether oxygens (including phenoxy) is 1. The van der Waals surface area contributed by atoms with Crippen molar-refractivity contribution in [3.63, 3.8) is 0 Å². The van der Waals surface area contributed by atoms with Crippen molar-refractivity contribution in [1.82, 2.24) is 5.32 Å². The number of aliphatic carboxylic acids is 1. The van der Waals surface area contributed by atoms with Gasteiger partial charge in [-0.25, -0.2) is 9.59 Å². The number of hydrogen-bond donors (Lipinski definition) is 2. The first kappa shape index (κ1) is 19.9. The number of rotatable bonds is 7. The van der Waals surface area contributed by atoms with E-state index in [0.717, 1.165) is 22.3 Å². The van der Waals surface area contributed by atoms with Crippen LogP contribution < -0.4 is 5.32 Å².